The minimum Gasteiger partial charge on any atom is -0.392 e. The molecule has 0 amide bonds. The largest absolute Gasteiger partial charge is 0.392 e. The molecule has 138 valence electrons. The fraction of sp³-hybridized carbons (Fsp3) is 0.421. The minimum absolute atomic E-state index is 0.133. The van der Waals surface area contributed by atoms with Gasteiger partial charge in [0.15, 0.2) is 17.0 Å². The van der Waals surface area contributed by atoms with Gasteiger partial charge in [0.1, 0.15) is 5.82 Å². The third-order valence-corrected chi connectivity index (χ3v) is 4.51. The number of nitrogens with zero attached hydrogens (tertiary/aromatic N) is 4. The number of hydrogen-bond acceptors (Lipinski definition) is 5. The molecule has 1 atom stereocenters. The molecule has 1 unspecified atom stereocenters. The molecule has 0 saturated heterocycles. The first kappa shape index (κ1) is 18.6. The summed E-state index contributed by atoms with van der Waals surface area (Å²) in [5, 5.41) is 14.2. The highest BCUT2D eigenvalue weighted by Crippen LogP contribution is 2.26. The van der Waals surface area contributed by atoms with Gasteiger partial charge in [0, 0.05) is 23.2 Å². The van der Waals surface area contributed by atoms with E-state index in [0.717, 1.165) is 11.3 Å². The van der Waals surface area contributed by atoms with Crippen molar-refractivity contribution in [3.63, 3.8) is 0 Å². The van der Waals surface area contributed by atoms with Gasteiger partial charge in [-0.1, -0.05) is 31.5 Å². The van der Waals surface area contributed by atoms with Gasteiger partial charge in [-0.2, -0.15) is 0 Å². The van der Waals surface area contributed by atoms with E-state index in [1.54, 1.807) is 6.33 Å². The van der Waals surface area contributed by atoms with Crippen molar-refractivity contribution in [1.82, 2.24) is 19.5 Å². The van der Waals surface area contributed by atoms with Crippen LogP contribution in [0.15, 0.2) is 30.6 Å². The Kier molecular flexibility index (Phi) is 5.44. The van der Waals surface area contributed by atoms with Crippen molar-refractivity contribution in [2.75, 3.05) is 5.32 Å². The molecule has 2 heterocycles. The van der Waals surface area contributed by atoms with Gasteiger partial charge in [-0.3, -0.25) is 0 Å². The van der Waals surface area contributed by atoms with Crippen molar-refractivity contribution in [3.8, 4) is 0 Å². The molecule has 26 heavy (non-hydrogen) atoms. The maximum Gasteiger partial charge on any atom is 0.166 e. The number of imidazole rings is 1. The number of nitrogens with one attached hydrogen (secondary N) is 1. The second kappa shape index (κ2) is 7.60. The highest BCUT2D eigenvalue weighted by molar-refractivity contribution is 6.30. The van der Waals surface area contributed by atoms with E-state index in [-0.39, 0.29) is 12.0 Å². The second-order valence-corrected chi connectivity index (χ2v) is 7.49. The number of benzene rings is 1. The number of rotatable bonds is 6. The molecule has 7 heteroatoms. The van der Waals surface area contributed by atoms with Crippen LogP contribution in [-0.4, -0.2) is 30.7 Å². The van der Waals surface area contributed by atoms with Gasteiger partial charge in [-0.15, -0.1) is 0 Å². The summed E-state index contributed by atoms with van der Waals surface area (Å²) in [5.41, 5.74) is 2.28. The maximum atomic E-state index is 10.3. The lowest BCUT2D eigenvalue weighted by Gasteiger charge is -2.15. The predicted octanol–water partition coefficient (Wildman–Crippen LogP) is 4.36. The fourth-order valence-electron chi connectivity index (χ4n) is 2.64. The second-order valence-electron chi connectivity index (χ2n) is 7.06. The Morgan fingerprint density at radius 2 is 1.96 bits per heavy atom. The van der Waals surface area contributed by atoms with Gasteiger partial charge in [0.2, 0.25) is 0 Å². The van der Waals surface area contributed by atoms with Crippen LogP contribution in [0.3, 0.4) is 0 Å². The van der Waals surface area contributed by atoms with E-state index < -0.39 is 6.10 Å². The molecule has 0 aliphatic carbocycles. The van der Waals surface area contributed by atoms with Gasteiger partial charge in [-0.05, 0) is 38.0 Å². The van der Waals surface area contributed by atoms with Crippen molar-refractivity contribution in [2.45, 2.75) is 46.3 Å². The molecule has 6 nitrogen and oxygen atoms in total. The Bertz CT molecular complexity index is 906. The zero-order valence-corrected chi connectivity index (χ0v) is 16.2. The standard InChI is InChI=1S/C19H24ClN5O/c1-11(2)15(26)9-16-23-18(22-14-7-5-6-13(20)8-14)17-19(24-16)25(10-21-17)12(3)4/h5-8,10-12,15,26H,9H2,1-4H3,(H,22,23,24). The highest BCUT2D eigenvalue weighted by Gasteiger charge is 2.18. The van der Waals surface area contributed by atoms with Crippen LogP contribution in [0, 0.1) is 5.92 Å². The van der Waals surface area contributed by atoms with E-state index in [1.807, 2.05) is 42.7 Å². The average Bonchev–Trinajstić information content (AvgIpc) is 2.99. The van der Waals surface area contributed by atoms with Crippen molar-refractivity contribution < 1.29 is 5.11 Å². The predicted molar refractivity (Wildman–Crippen MR) is 105 cm³/mol. The van der Waals surface area contributed by atoms with Crippen LogP contribution in [-0.2, 0) is 6.42 Å². The number of aliphatic hydroxyl groups is 1. The van der Waals surface area contributed by atoms with Crippen LogP contribution in [0.1, 0.15) is 39.6 Å². The summed E-state index contributed by atoms with van der Waals surface area (Å²) in [6.07, 6.45) is 1.67. The zero-order chi connectivity index (χ0) is 18.8. The first-order chi connectivity index (χ1) is 12.3. The Morgan fingerprint density at radius 1 is 1.19 bits per heavy atom. The Morgan fingerprint density at radius 3 is 2.62 bits per heavy atom. The first-order valence-corrected chi connectivity index (χ1v) is 9.17. The molecule has 0 aliphatic heterocycles. The van der Waals surface area contributed by atoms with Crippen LogP contribution < -0.4 is 5.32 Å². The molecule has 2 N–H and O–H groups in total. The number of hydrogen-bond donors (Lipinski definition) is 2. The zero-order valence-electron chi connectivity index (χ0n) is 15.4. The summed E-state index contributed by atoms with van der Waals surface area (Å²) in [5.74, 6) is 1.34. The van der Waals surface area contributed by atoms with Crippen LogP contribution in [0.25, 0.3) is 11.2 Å². The van der Waals surface area contributed by atoms with Crippen molar-refractivity contribution in [3.05, 3.63) is 41.4 Å². The summed E-state index contributed by atoms with van der Waals surface area (Å²) >= 11 is 6.08. The smallest absolute Gasteiger partial charge is 0.166 e. The molecule has 0 aliphatic rings. The van der Waals surface area contributed by atoms with E-state index >= 15 is 0 Å². The Labute approximate surface area is 158 Å². The number of anilines is 2. The summed E-state index contributed by atoms with van der Waals surface area (Å²) in [4.78, 5) is 13.8. The van der Waals surface area contributed by atoms with Crippen LogP contribution in [0.2, 0.25) is 5.02 Å². The molecule has 1 aromatic carbocycles. The van der Waals surface area contributed by atoms with Crippen molar-refractivity contribution >= 4 is 34.3 Å². The molecule has 3 aromatic rings. The van der Waals surface area contributed by atoms with E-state index in [0.29, 0.717) is 28.6 Å². The van der Waals surface area contributed by atoms with E-state index in [4.69, 9.17) is 11.6 Å². The van der Waals surface area contributed by atoms with Gasteiger partial charge in [-0.25, -0.2) is 15.0 Å². The number of fused-ring (bicyclic) bond motifs is 1. The fourth-order valence-corrected chi connectivity index (χ4v) is 2.83. The first-order valence-electron chi connectivity index (χ1n) is 8.79. The molecule has 2 aromatic heterocycles. The Balaban J connectivity index is 2.07. The summed E-state index contributed by atoms with van der Waals surface area (Å²) in [7, 11) is 0. The Hall–Kier alpha value is -2.18. The lowest BCUT2D eigenvalue weighted by Crippen LogP contribution is -2.19. The molecular weight excluding hydrogens is 350 g/mol. The lowest BCUT2D eigenvalue weighted by molar-refractivity contribution is 0.123. The van der Waals surface area contributed by atoms with Crippen LogP contribution in [0.5, 0.6) is 0 Å². The van der Waals surface area contributed by atoms with Gasteiger partial charge >= 0.3 is 0 Å². The quantitative estimate of drug-likeness (QED) is 0.671. The molecular formula is C19H24ClN5O. The van der Waals surface area contributed by atoms with E-state index in [2.05, 4.69) is 34.1 Å². The van der Waals surface area contributed by atoms with Gasteiger partial charge in [0.25, 0.3) is 0 Å². The molecule has 0 spiro atoms. The van der Waals surface area contributed by atoms with Crippen molar-refractivity contribution in [2.24, 2.45) is 5.92 Å². The number of aromatic nitrogens is 4. The SMILES string of the molecule is CC(C)C(O)Cc1nc(Nc2cccc(Cl)c2)c2ncn(C(C)C)c2n1. The summed E-state index contributed by atoms with van der Waals surface area (Å²) in [6, 6.07) is 7.66. The molecule has 0 bridgehead atoms. The number of halogens is 1. The normalized spacial score (nSPS) is 12.9. The summed E-state index contributed by atoms with van der Waals surface area (Å²) < 4.78 is 2.01. The lowest BCUT2D eigenvalue weighted by atomic mass is 10.0. The molecule has 3 rings (SSSR count). The highest BCUT2D eigenvalue weighted by atomic mass is 35.5. The maximum absolute atomic E-state index is 10.3. The number of aliphatic hydroxyl groups excluding tert-OH is 1. The van der Waals surface area contributed by atoms with E-state index in [1.165, 1.54) is 0 Å². The van der Waals surface area contributed by atoms with Gasteiger partial charge in [0.05, 0.1) is 12.4 Å². The third-order valence-electron chi connectivity index (χ3n) is 4.27. The molecule has 0 fully saturated rings. The third kappa shape index (κ3) is 3.97. The van der Waals surface area contributed by atoms with Gasteiger partial charge < -0.3 is 15.0 Å². The monoisotopic (exact) mass is 373 g/mol. The van der Waals surface area contributed by atoms with Crippen LogP contribution in [0.4, 0.5) is 11.5 Å². The topological polar surface area (TPSA) is 75.9 Å². The van der Waals surface area contributed by atoms with E-state index in [9.17, 15) is 5.11 Å². The summed E-state index contributed by atoms with van der Waals surface area (Å²) in [6.45, 7) is 8.12. The average molecular weight is 374 g/mol. The van der Waals surface area contributed by atoms with Crippen LogP contribution >= 0.6 is 11.6 Å². The van der Waals surface area contributed by atoms with Crippen molar-refractivity contribution in [1.29, 1.82) is 0 Å². The minimum atomic E-state index is -0.498. The molecule has 0 radical (unpaired) electrons. The molecule has 0 saturated carbocycles.